The van der Waals surface area contributed by atoms with Crippen LogP contribution in [0.3, 0.4) is 0 Å². The van der Waals surface area contributed by atoms with Crippen LogP contribution in [0.25, 0.3) is 84.4 Å². The molecule has 2 heterocycles. The molecule has 4 heteroatoms. The highest BCUT2D eigenvalue weighted by molar-refractivity contribution is 6.07. The second kappa shape index (κ2) is 11.3. The number of hydrogen-bond donors (Lipinski definition) is 0. The van der Waals surface area contributed by atoms with Crippen molar-refractivity contribution >= 4 is 28.0 Å². The fraction of sp³-hybridized carbons (Fsp3) is 0.0465. The minimum Gasteiger partial charge on any atom is -0.456 e. The summed E-state index contributed by atoms with van der Waals surface area (Å²) in [4.78, 5) is 14.8. The van der Waals surface area contributed by atoms with Crippen LogP contribution in [0.1, 0.15) is 17.5 Å². The van der Waals surface area contributed by atoms with Crippen molar-refractivity contribution < 1.29 is 4.42 Å². The first-order valence-corrected chi connectivity index (χ1v) is 16.0. The van der Waals surface area contributed by atoms with Crippen LogP contribution in [0.15, 0.2) is 150 Å². The van der Waals surface area contributed by atoms with Crippen LogP contribution < -0.4 is 0 Å². The molecule has 0 radical (unpaired) electrons. The number of allylic oxidation sites excluding steroid dienone is 1. The minimum atomic E-state index is 0.643. The fourth-order valence-corrected chi connectivity index (χ4v) is 6.58. The van der Waals surface area contributed by atoms with Gasteiger partial charge in [0.1, 0.15) is 11.2 Å². The van der Waals surface area contributed by atoms with Crippen molar-refractivity contribution in [3.8, 4) is 56.4 Å². The Labute approximate surface area is 272 Å². The second-order valence-corrected chi connectivity index (χ2v) is 12.0. The highest BCUT2D eigenvalue weighted by Crippen LogP contribution is 2.37. The number of aromatic nitrogens is 3. The lowest BCUT2D eigenvalue weighted by Crippen LogP contribution is -2.01. The number of hydrogen-bond acceptors (Lipinski definition) is 4. The third-order valence-electron chi connectivity index (χ3n) is 9.01. The van der Waals surface area contributed by atoms with E-state index >= 15 is 0 Å². The van der Waals surface area contributed by atoms with E-state index < -0.39 is 0 Å². The summed E-state index contributed by atoms with van der Waals surface area (Å²) in [5, 5.41) is 2.35. The Kier molecular flexibility index (Phi) is 6.57. The van der Waals surface area contributed by atoms with Crippen LogP contribution in [-0.2, 0) is 6.42 Å². The first kappa shape index (κ1) is 27.2. The molecule has 0 atom stereocenters. The van der Waals surface area contributed by atoms with E-state index in [-0.39, 0.29) is 0 Å². The van der Waals surface area contributed by atoms with Crippen LogP contribution in [0.4, 0.5) is 0 Å². The number of rotatable bonds is 5. The van der Waals surface area contributed by atoms with E-state index in [9.17, 15) is 0 Å². The van der Waals surface area contributed by atoms with Crippen LogP contribution in [0.5, 0.6) is 0 Å². The zero-order chi connectivity index (χ0) is 31.2. The Morgan fingerprint density at radius 2 is 1.04 bits per heavy atom. The third-order valence-corrected chi connectivity index (χ3v) is 9.01. The molecule has 2 aromatic heterocycles. The monoisotopic (exact) mass is 603 g/mol. The van der Waals surface area contributed by atoms with Crippen molar-refractivity contribution in [2.75, 3.05) is 0 Å². The smallest absolute Gasteiger partial charge is 0.164 e. The summed E-state index contributed by atoms with van der Waals surface area (Å²) in [5.74, 6) is 1.94. The normalized spacial score (nSPS) is 12.4. The van der Waals surface area contributed by atoms with Gasteiger partial charge in [-0.1, -0.05) is 127 Å². The first-order valence-electron chi connectivity index (χ1n) is 16.0. The van der Waals surface area contributed by atoms with Crippen molar-refractivity contribution in [1.82, 2.24) is 15.0 Å². The number of aryl methyl sites for hydroxylation is 1. The fourth-order valence-electron chi connectivity index (χ4n) is 6.58. The molecule has 6 aromatic carbocycles. The number of benzene rings is 6. The van der Waals surface area contributed by atoms with Crippen molar-refractivity contribution in [2.24, 2.45) is 0 Å². The third kappa shape index (κ3) is 5.01. The van der Waals surface area contributed by atoms with E-state index in [0.717, 1.165) is 68.3 Å². The summed E-state index contributed by atoms with van der Waals surface area (Å²) in [6, 6.07) is 48.2. The quantitative estimate of drug-likeness (QED) is 0.196. The highest BCUT2D eigenvalue weighted by atomic mass is 16.3. The van der Waals surface area contributed by atoms with Gasteiger partial charge in [0.25, 0.3) is 0 Å². The number of fused-ring (bicyclic) bond motifs is 4. The Morgan fingerprint density at radius 1 is 0.447 bits per heavy atom. The Balaban J connectivity index is 1.09. The average molecular weight is 604 g/mol. The summed E-state index contributed by atoms with van der Waals surface area (Å²) in [5.41, 5.74) is 11.8. The maximum atomic E-state index is 6.37. The van der Waals surface area contributed by atoms with Gasteiger partial charge in [0.15, 0.2) is 17.5 Å². The largest absolute Gasteiger partial charge is 0.456 e. The highest BCUT2D eigenvalue weighted by Gasteiger charge is 2.16. The molecular weight excluding hydrogens is 574 g/mol. The maximum Gasteiger partial charge on any atom is 0.164 e. The van der Waals surface area contributed by atoms with E-state index in [1.807, 2.05) is 66.7 Å². The molecular formula is C43H29N3O. The van der Waals surface area contributed by atoms with E-state index in [1.165, 1.54) is 16.5 Å². The van der Waals surface area contributed by atoms with Gasteiger partial charge in [0, 0.05) is 27.5 Å². The van der Waals surface area contributed by atoms with Gasteiger partial charge in [0.05, 0.1) is 0 Å². The van der Waals surface area contributed by atoms with Crippen molar-refractivity contribution in [3.05, 3.63) is 157 Å². The second-order valence-electron chi connectivity index (χ2n) is 12.0. The molecule has 0 unspecified atom stereocenters. The Morgan fingerprint density at radius 3 is 1.77 bits per heavy atom. The lowest BCUT2D eigenvalue weighted by molar-refractivity contribution is 0.668. The predicted molar refractivity (Wildman–Crippen MR) is 192 cm³/mol. The van der Waals surface area contributed by atoms with Crippen LogP contribution in [0, 0.1) is 0 Å². The van der Waals surface area contributed by atoms with E-state index in [0.29, 0.717) is 17.5 Å². The number of furan rings is 1. The van der Waals surface area contributed by atoms with Crippen LogP contribution >= 0.6 is 0 Å². The summed E-state index contributed by atoms with van der Waals surface area (Å²) >= 11 is 0. The maximum absolute atomic E-state index is 6.37. The topological polar surface area (TPSA) is 51.8 Å². The molecule has 0 spiro atoms. The van der Waals surface area contributed by atoms with Gasteiger partial charge in [-0.3, -0.25) is 0 Å². The molecule has 0 N–H and O–H groups in total. The Bertz CT molecular complexity index is 2390. The molecule has 0 fully saturated rings. The standard InChI is InChI=1S/C43H29N3O/c1-3-11-30(12-4-1)41-44-42(31-13-5-2-6-14-31)46-43(45-41)37-18-10-9-17-35(37)29-21-19-28(20-22-29)34-23-24-36-38-25-32-15-7-8-16-33(32)26-40(38)47-39(36)27-34/h1-6,8-14,16-27H,7,15H2. The van der Waals surface area contributed by atoms with Gasteiger partial charge in [-0.05, 0) is 70.5 Å². The molecule has 222 valence electrons. The summed E-state index contributed by atoms with van der Waals surface area (Å²) in [6.45, 7) is 0. The van der Waals surface area contributed by atoms with Crippen molar-refractivity contribution in [2.45, 2.75) is 12.8 Å². The minimum absolute atomic E-state index is 0.643. The van der Waals surface area contributed by atoms with E-state index in [1.54, 1.807) is 0 Å². The molecule has 0 saturated carbocycles. The van der Waals surface area contributed by atoms with E-state index in [2.05, 4.69) is 84.9 Å². The lowest BCUT2D eigenvalue weighted by Gasteiger charge is -2.12. The van der Waals surface area contributed by atoms with Crippen LogP contribution in [-0.4, -0.2) is 15.0 Å². The number of nitrogens with zero attached hydrogens (tertiary/aromatic N) is 3. The SMILES string of the molecule is C1=Cc2cc3oc4cc(-c5ccc(-c6ccccc6-c6nc(-c7ccccc7)nc(-c7ccccc7)n6)cc5)ccc4c3cc2CC1. The van der Waals surface area contributed by atoms with Gasteiger partial charge in [-0.2, -0.15) is 0 Å². The molecule has 1 aliphatic rings. The molecule has 47 heavy (non-hydrogen) atoms. The van der Waals surface area contributed by atoms with Gasteiger partial charge >= 0.3 is 0 Å². The van der Waals surface area contributed by atoms with Gasteiger partial charge < -0.3 is 4.42 Å². The molecule has 0 saturated heterocycles. The molecule has 4 nitrogen and oxygen atoms in total. The van der Waals surface area contributed by atoms with E-state index in [4.69, 9.17) is 19.4 Å². The molecule has 0 aliphatic heterocycles. The molecule has 0 bridgehead atoms. The van der Waals surface area contributed by atoms with Crippen molar-refractivity contribution in [3.63, 3.8) is 0 Å². The lowest BCUT2D eigenvalue weighted by atomic mass is 9.94. The van der Waals surface area contributed by atoms with Gasteiger partial charge in [-0.15, -0.1) is 0 Å². The van der Waals surface area contributed by atoms with Crippen LogP contribution in [0.2, 0.25) is 0 Å². The van der Waals surface area contributed by atoms with Gasteiger partial charge in [0.2, 0.25) is 0 Å². The summed E-state index contributed by atoms with van der Waals surface area (Å²) in [7, 11) is 0. The first-order chi connectivity index (χ1) is 23.3. The Hall–Kier alpha value is -6.13. The summed E-state index contributed by atoms with van der Waals surface area (Å²) < 4.78 is 6.37. The zero-order valence-corrected chi connectivity index (χ0v) is 25.6. The molecule has 8 aromatic rings. The zero-order valence-electron chi connectivity index (χ0n) is 25.6. The van der Waals surface area contributed by atoms with Gasteiger partial charge in [-0.25, -0.2) is 15.0 Å². The average Bonchev–Trinajstić information content (AvgIpc) is 3.51. The summed E-state index contributed by atoms with van der Waals surface area (Å²) in [6.07, 6.45) is 6.63. The molecule has 1 aliphatic carbocycles. The van der Waals surface area contributed by atoms with Crippen molar-refractivity contribution in [1.29, 1.82) is 0 Å². The molecule has 9 rings (SSSR count). The predicted octanol–water partition coefficient (Wildman–Crippen LogP) is 11.1. The molecule has 0 amide bonds.